The molecule has 0 amide bonds. The Morgan fingerprint density at radius 3 is 2.03 bits per heavy atom. The largest absolute Gasteiger partial charge is 0.461 e. The summed E-state index contributed by atoms with van der Waals surface area (Å²) in [6.07, 6.45) is 4.45. The molecule has 0 radical (unpaired) electrons. The second-order valence-corrected chi connectivity index (χ2v) is 8.99. The number of carbonyl (C=O) groups excluding carboxylic acids is 1. The fourth-order valence-electron chi connectivity index (χ4n) is 3.64. The third-order valence-corrected chi connectivity index (χ3v) is 5.77. The first-order valence-corrected chi connectivity index (χ1v) is 11.6. The lowest BCUT2D eigenvalue weighted by Crippen LogP contribution is -2.46. The molecule has 0 N–H and O–H groups in total. The average molecular weight is 427 g/mol. The number of carbonyl (C=O) groups is 1. The van der Waals surface area contributed by atoms with E-state index < -0.39 is 0 Å². The average Bonchev–Trinajstić information content (AvgIpc) is 2.77. The Kier molecular flexibility index (Phi) is 10.8. The van der Waals surface area contributed by atoms with Gasteiger partial charge in [-0.3, -0.25) is 0 Å². The van der Waals surface area contributed by atoms with Crippen LogP contribution in [0.15, 0.2) is 60.7 Å². The summed E-state index contributed by atoms with van der Waals surface area (Å²) in [5.74, 6) is 0.350. The number of rotatable bonds is 14. The van der Waals surface area contributed by atoms with Crippen molar-refractivity contribution in [3.05, 3.63) is 71.8 Å². The molecule has 0 aromatic heterocycles. The lowest BCUT2D eigenvalue weighted by Gasteiger charge is -2.30. The van der Waals surface area contributed by atoms with E-state index in [1.807, 2.05) is 36.4 Å². The van der Waals surface area contributed by atoms with Gasteiger partial charge in [0.05, 0.1) is 27.3 Å². The van der Waals surface area contributed by atoms with Gasteiger partial charge in [-0.15, -0.1) is 0 Å². The van der Waals surface area contributed by atoms with E-state index in [2.05, 4.69) is 52.2 Å². The molecule has 0 unspecified atom stereocenters. The van der Waals surface area contributed by atoms with Gasteiger partial charge in [0.1, 0.15) is 12.6 Å². The van der Waals surface area contributed by atoms with E-state index in [9.17, 15) is 4.79 Å². The first-order chi connectivity index (χ1) is 14.9. The van der Waals surface area contributed by atoms with Gasteiger partial charge >= 0.3 is 5.97 Å². The summed E-state index contributed by atoms with van der Waals surface area (Å²) in [6.45, 7) is 6.55. The minimum Gasteiger partial charge on any atom is -0.461 e. The van der Waals surface area contributed by atoms with E-state index >= 15 is 0 Å². The van der Waals surface area contributed by atoms with Crippen LogP contribution in [0.25, 0.3) is 0 Å². The predicted octanol–water partition coefficient (Wildman–Crippen LogP) is 5.63. The Bertz CT molecular complexity index is 706. The molecule has 0 heterocycles. The minimum absolute atomic E-state index is 0.113. The van der Waals surface area contributed by atoms with Crippen molar-refractivity contribution in [2.45, 2.75) is 45.6 Å². The van der Waals surface area contributed by atoms with Crippen LogP contribution in [0, 0.1) is 5.92 Å². The normalized spacial score (nSPS) is 12.7. The predicted molar refractivity (Wildman–Crippen MR) is 127 cm³/mol. The van der Waals surface area contributed by atoms with Gasteiger partial charge in [-0.2, -0.15) is 0 Å². The second-order valence-electron chi connectivity index (χ2n) is 8.99. The topological polar surface area (TPSA) is 35.5 Å². The zero-order chi connectivity index (χ0) is 22.5. The number of quaternary nitrogens is 1. The molecule has 1 atom stereocenters. The quantitative estimate of drug-likeness (QED) is 0.290. The molecule has 0 bridgehead atoms. The van der Waals surface area contributed by atoms with Crippen LogP contribution >= 0.6 is 0 Å². The van der Waals surface area contributed by atoms with Gasteiger partial charge in [-0.1, -0.05) is 93.8 Å². The Morgan fingerprint density at radius 1 is 0.935 bits per heavy atom. The fraction of sp³-hybridized carbons (Fsp3) is 0.519. The third kappa shape index (κ3) is 9.24. The molecule has 2 aromatic rings. The molecule has 31 heavy (non-hydrogen) atoms. The van der Waals surface area contributed by atoms with Crippen LogP contribution in [-0.4, -0.2) is 50.9 Å². The highest BCUT2D eigenvalue weighted by molar-refractivity contribution is 5.70. The second kappa shape index (κ2) is 13.3. The number of esters is 1. The van der Waals surface area contributed by atoms with Crippen molar-refractivity contribution in [2.75, 3.05) is 40.4 Å². The molecule has 2 rings (SSSR count). The Labute approximate surface area is 188 Å². The molecule has 0 aliphatic rings. The van der Waals surface area contributed by atoms with Crippen LogP contribution in [0.4, 0.5) is 0 Å². The maximum absolute atomic E-state index is 12.4. The molecule has 0 aliphatic heterocycles. The zero-order valence-electron chi connectivity index (χ0n) is 19.8. The summed E-state index contributed by atoms with van der Waals surface area (Å²) < 4.78 is 12.5. The summed E-state index contributed by atoms with van der Waals surface area (Å²) in [4.78, 5) is 12.4. The highest BCUT2D eigenvalue weighted by Gasteiger charge is 2.23. The van der Waals surface area contributed by atoms with Gasteiger partial charge in [0.15, 0.2) is 6.54 Å². The highest BCUT2D eigenvalue weighted by atomic mass is 16.5. The SMILES string of the molecule is CCCC[C@@H](CC)COC(=O)C[N+](C)(C)CCOC(c1ccccc1)c1ccccc1. The lowest BCUT2D eigenvalue weighted by molar-refractivity contribution is -0.883. The highest BCUT2D eigenvalue weighted by Crippen LogP contribution is 2.25. The Hall–Kier alpha value is -2.17. The van der Waals surface area contributed by atoms with Crippen LogP contribution in [0.5, 0.6) is 0 Å². The number of hydrogen-bond acceptors (Lipinski definition) is 3. The summed E-state index contributed by atoms with van der Waals surface area (Å²) in [6, 6.07) is 20.6. The van der Waals surface area contributed by atoms with Crippen LogP contribution in [0.3, 0.4) is 0 Å². The summed E-state index contributed by atoms with van der Waals surface area (Å²) >= 11 is 0. The fourth-order valence-corrected chi connectivity index (χ4v) is 3.64. The van der Waals surface area contributed by atoms with Gasteiger partial charge in [0.2, 0.25) is 0 Å². The van der Waals surface area contributed by atoms with E-state index in [-0.39, 0.29) is 12.1 Å². The zero-order valence-corrected chi connectivity index (χ0v) is 19.8. The summed E-state index contributed by atoms with van der Waals surface area (Å²) in [5.41, 5.74) is 2.27. The van der Waals surface area contributed by atoms with Gasteiger partial charge in [-0.25, -0.2) is 4.79 Å². The number of hydrogen-bond donors (Lipinski definition) is 0. The maximum atomic E-state index is 12.4. The third-order valence-electron chi connectivity index (χ3n) is 5.77. The monoisotopic (exact) mass is 426 g/mol. The van der Waals surface area contributed by atoms with E-state index in [4.69, 9.17) is 9.47 Å². The molecule has 0 spiro atoms. The molecular formula is C27H40NO3+. The van der Waals surface area contributed by atoms with Crippen LogP contribution in [0.2, 0.25) is 0 Å². The van der Waals surface area contributed by atoms with E-state index in [1.54, 1.807) is 0 Å². The van der Waals surface area contributed by atoms with Crippen molar-refractivity contribution in [1.82, 2.24) is 0 Å². The van der Waals surface area contributed by atoms with Crippen molar-refractivity contribution >= 4 is 5.97 Å². The Balaban J connectivity index is 1.86. The van der Waals surface area contributed by atoms with Crippen LogP contribution < -0.4 is 0 Å². The van der Waals surface area contributed by atoms with Gasteiger partial charge in [0, 0.05) is 0 Å². The van der Waals surface area contributed by atoms with E-state index in [1.165, 1.54) is 12.8 Å². The van der Waals surface area contributed by atoms with Crippen LogP contribution in [0.1, 0.15) is 56.8 Å². The summed E-state index contributed by atoms with van der Waals surface area (Å²) in [5, 5.41) is 0. The molecule has 0 saturated heterocycles. The van der Waals surface area contributed by atoms with Crippen molar-refractivity contribution in [3.8, 4) is 0 Å². The molecular weight excluding hydrogens is 386 g/mol. The molecule has 170 valence electrons. The molecule has 2 aromatic carbocycles. The van der Waals surface area contributed by atoms with Gasteiger partial charge in [0.25, 0.3) is 0 Å². The number of likely N-dealkylation sites (N-methyl/N-ethyl adjacent to an activating group) is 1. The smallest absolute Gasteiger partial charge is 0.361 e. The molecule has 4 heteroatoms. The first kappa shape index (κ1) is 25.1. The standard InChI is InChI=1S/C27H40NO3/c1-5-7-14-23(6-2)22-31-26(29)21-28(3,4)19-20-30-27(24-15-10-8-11-16-24)25-17-12-9-13-18-25/h8-13,15-18,23,27H,5-7,14,19-22H2,1-4H3/q+1/t23-/m1/s1. The van der Waals surface area contributed by atoms with E-state index in [0.29, 0.717) is 30.2 Å². The molecule has 4 nitrogen and oxygen atoms in total. The van der Waals surface area contributed by atoms with Crippen molar-refractivity contribution in [2.24, 2.45) is 5.92 Å². The number of ether oxygens (including phenoxy) is 2. The Morgan fingerprint density at radius 2 is 1.52 bits per heavy atom. The summed E-state index contributed by atoms with van der Waals surface area (Å²) in [7, 11) is 4.11. The number of benzene rings is 2. The lowest BCUT2D eigenvalue weighted by atomic mass is 10.0. The van der Waals surface area contributed by atoms with Crippen molar-refractivity contribution in [3.63, 3.8) is 0 Å². The first-order valence-electron chi connectivity index (χ1n) is 11.6. The molecule has 0 saturated carbocycles. The van der Waals surface area contributed by atoms with Gasteiger partial charge in [-0.05, 0) is 23.5 Å². The van der Waals surface area contributed by atoms with Crippen LogP contribution in [-0.2, 0) is 14.3 Å². The minimum atomic E-state index is -0.123. The number of unbranched alkanes of at least 4 members (excludes halogenated alkanes) is 1. The maximum Gasteiger partial charge on any atom is 0.361 e. The molecule has 0 aliphatic carbocycles. The number of nitrogens with zero attached hydrogens (tertiary/aromatic N) is 1. The van der Waals surface area contributed by atoms with Gasteiger partial charge < -0.3 is 14.0 Å². The van der Waals surface area contributed by atoms with Crippen molar-refractivity contribution < 1.29 is 18.8 Å². The van der Waals surface area contributed by atoms with Crippen molar-refractivity contribution in [1.29, 1.82) is 0 Å². The molecule has 0 fully saturated rings. The van der Waals surface area contributed by atoms with E-state index in [0.717, 1.165) is 30.5 Å².